The summed E-state index contributed by atoms with van der Waals surface area (Å²) in [5.41, 5.74) is 0.342. The number of nitro groups is 1. The normalized spacial score (nSPS) is 11.1. The van der Waals surface area contributed by atoms with E-state index in [0.29, 0.717) is 0 Å². The molecular weight excluding hydrogens is 346 g/mol. The first-order valence-electron chi connectivity index (χ1n) is 6.27. The predicted octanol–water partition coefficient (Wildman–Crippen LogP) is 3.33. The fourth-order valence-electron chi connectivity index (χ4n) is 1.81. The molecule has 0 aliphatic heterocycles. The highest BCUT2D eigenvalue weighted by Gasteiger charge is 2.26. The summed E-state index contributed by atoms with van der Waals surface area (Å²) in [5.74, 6) is -0.139. The van der Waals surface area contributed by atoms with Crippen molar-refractivity contribution in [1.29, 1.82) is 0 Å². The van der Waals surface area contributed by atoms with Gasteiger partial charge in [0.15, 0.2) is 10.6 Å². The Hall–Kier alpha value is -2.32. The van der Waals surface area contributed by atoms with Crippen molar-refractivity contribution in [2.24, 2.45) is 0 Å². The molecule has 23 heavy (non-hydrogen) atoms. The third-order valence-electron chi connectivity index (χ3n) is 2.91. The van der Waals surface area contributed by atoms with Crippen LogP contribution >= 0.6 is 11.6 Å². The molecule has 0 spiro atoms. The van der Waals surface area contributed by atoms with Crippen molar-refractivity contribution in [2.45, 2.75) is 11.8 Å². The number of nitrogens with zero attached hydrogens (tertiary/aromatic N) is 1. The van der Waals surface area contributed by atoms with Crippen LogP contribution in [0.3, 0.4) is 0 Å². The number of aryl methyl sites for hydroxylation is 1. The summed E-state index contributed by atoms with van der Waals surface area (Å²) in [4.78, 5) is 9.68. The number of non-ortho nitro benzene ring substituents is 1. The van der Waals surface area contributed by atoms with Crippen LogP contribution in [0.2, 0.25) is 5.02 Å². The molecule has 0 radical (unpaired) electrons. The van der Waals surface area contributed by atoms with Crippen molar-refractivity contribution < 1.29 is 22.3 Å². The molecule has 0 fully saturated rings. The van der Waals surface area contributed by atoms with Crippen LogP contribution < -0.4 is 8.92 Å². The number of methoxy groups -OCH3 is 1. The highest BCUT2D eigenvalue weighted by Crippen LogP contribution is 2.33. The van der Waals surface area contributed by atoms with Crippen LogP contribution in [0.1, 0.15) is 5.56 Å². The molecule has 0 atom stereocenters. The van der Waals surface area contributed by atoms with Gasteiger partial charge in [0.1, 0.15) is 5.75 Å². The van der Waals surface area contributed by atoms with Gasteiger partial charge in [0.25, 0.3) is 5.69 Å². The van der Waals surface area contributed by atoms with E-state index in [4.69, 9.17) is 20.5 Å². The molecule has 122 valence electrons. The number of benzene rings is 2. The second-order valence-corrected chi connectivity index (χ2v) is 6.49. The average Bonchev–Trinajstić information content (AvgIpc) is 2.50. The van der Waals surface area contributed by atoms with Crippen molar-refractivity contribution in [3.63, 3.8) is 0 Å². The second-order valence-electron chi connectivity index (χ2n) is 4.56. The molecular formula is C14H12ClNO6S. The highest BCUT2D eigenvalue weighted by atomic mass is 35.5. The van der Waals surface area contributed by atoms with Crippen molar-refractivity contribution >= 4 is 27.4 Å². The fourth-order valence-corrected chi connectivity index (χ4v) is 3.14. The summed E-state index contributed by atoms with van der Waals surface area (Å²) in [7, 11) is -3.12. The van der Waals surface area contributed by atoms with E-state index in [1.807, 2.05) is 0 Å². The zero-order valence-electron chi connectivity index (χ0n) is 12.1. The van der Waals surface area contributed by atoms with Crippen LogP contribution in [0.5, 0.6) is 11.5 Å². The van der Waals surface area contributed by atoms with Gasteiger partial charge >= 0.3 is 10.1 Å². The van der Waals surface area contributed by atoms with Gasteiger partial charge in [-0.05, 0) is 30.7 Å². The number of rotatable bonds is 5. The molecule has 7 nitrogen and oxygen atoms in total. The number of hydrogen-bond acceptors (Lipinski definition) is 6. The summed E-state index contributed by atoms with van der Waals surface area (Å²) in [6.07, 6.45) is 0. The maximum atomic E-state index is 12.4. The van der Waals surface area contributed by atoms with Crippen LogP contribution in [0, 0.1) is 17.0 Å². The molecule has 0 unspecified atom stereocenters. The van der Waals surface area contributed by atoms with E-state index in [1.165, 1.54) is 25.3 Å². The van der Waals surface area contributed by atoms with Gasteiger partial charge in [-0.25, -0.2) is 0 Å². The van der Waals surface area contributed by atoms with Crippen LogP contribution in [-0.2, 0) is 10.1 Å². The minimum Gasteiger partial charge on any atom is -0.495 e. The van der Waals surface area contributed by atoms with Crippen molar-refractivity contribution in [3.05, 3.63) is 57.1 Å². The summed E-state index contributed by atoms with van der Waals surface area (Å²) in [6.45, 7) is 1.74. The molecule has 0 aliphatic carbocycles. The van der Waals surface area contributed by atoms with Crippen molar-refractivity contribution in [2.75, 3.05) is 7.11 Å². The lowest BCUT2D eigenvalue weighted by molar-refractivity contribution is -0.385. The number of nitro benzene ring substituents is 1. The average molecular weight is 358 g/mol. The molecule has 0 saturated heterocycles. The van der Waals surface area contributed by atoms with Crippen molar-refractivity contribution in [1.82, 2.24) is 0 Å². The highest BCUT2D eigenvalue weighted by molar-refractivity contribution is 7.87. The smallest absolute Gasteiger partial charge is 0.343 e. The third-order valence-corrected chi connectivity index (χ3v) is 4.48. The summed E-state index contributed by atoms with van der Waals surface area (Å²) < 4.78 is 34.8. The van der Waals surface area contributed by atoms with Gasteiger partial charge in [0, 0.05) is 12.1 Å². The molecule has 2 aromatic carbocycles. The Morgan fingerprint density at radius 3 is 2.43 bits per heavy atom. The molecule has 2 aromatic rings. The largest absolute Gasteiger partial charge is 0.495 e. The van der Waals surface area contributed by atoms with Gasteiger partial charge in [0.2, 0.25) is 0 Å². The van der Waals surface area contributed by atoms with Crippen LogP contribution in [-0.4, -0.2) is 20.5 Å². The van der Waals surface area contributed by atoms with E-state index in [0.717, 1.165) is 17.7 Å². The Morgan fingerprint density at radius 2 is 1.83 bits per heavy atom. The standard InChI is InChI=1S/C14H12ClNO6S/c1-9-3-5-11(15)13(7-9)22-23(19,20)14-8-10(16(17)18)4-6-12(14)21-2/h3-8H,1-2H3. The number of hydrogen-bond donors (Lipinski definition) is 0. The summed E-state index contributed by atoms with van der Waals surface area (Å²) in [6, 6.07) is 7.83. The van der Waals surface area contributed by atoms with Crippen molar-refractivity contribution in [3.8, 4) is 11.5 Å². The molecule has 2 rings (SSSR count). The van der Waals surface area contributed by atoms with Gasteiger partial charge in [0.05, 0.1) is 17.1 Å². The second kappa shape index (κ2) is 6.43. The summed E-state index contributed by atoms with van der Waals surface area (Å²) in [5, 5.41) is 10.9. The van der Waals surface area contributed by atoms with E-state index in [2.05, 4.69) is 0 Å². The Bertz CT molecular complexity index is 866. The molecule has 0 heterocycles. The first-order chi connectivity index (χ1) is 10.7. The lowest BCUT2D eigenvalue weighted by atomic mass is 10.2. The fraction of sp³-hybridized carbons (Fsp3) is 0.143. The lowest BCUT2D eigenvalue weighted by Gasteiger charge is -2.11. The zero-order valence-corrected chi connectivity index (χ0v) is 13.7. The van der Waals surface area contributed by atoms with E-state index in [1.54, 1.807) is 13.0 Å². The predicted molar refractivity (Wildman–Crippen MR) is 83.7 cm³/mol. The maximum Gasteiger partial charge on any atom is 0.343 e. The Labute approximate surface area is 137 Å². The van der Waals surface area contributed by atoms with Gasteiger partial charge < -0.3 is 8.92 Å². The Kier molecular flexibility index (Phi) is 4.76. The Morgan fingerprint density at radius 1 is 1.13 bits per heavy atom. The molecule has 0 aliphatic rings. The monoisotopic (exact) mass is 357 g/mol. The van der Waals surface area contributed by atoms with Gasteiger partial charge in [-0.1, -0.05) is 17.7 Å². The lowest BCUT2D eigenvalue weighted by Crippen LogP contribution is -2.12. The van der Waals surface area contributed by atoms with E-state index >= 15 is 0 Å². The number of halogens is 1. The zero-order chi connectivity index (χ0) is 17.2. The van der Waals surface area contributed by atoms with Gasteiger partial charge in [-0.15, -0.1) is 0 Å². The van der Waals surface area contributed by atoms with E-state index < -0.39 is 25.6 Å². The first kappa shape index (κ1) is 17.0. The van der Waals surface area contributed by atoms with Crippen LogP contribution in [0.4, 0.5) is 5.69 Å². The quantitative estimate of drug-likeness (QED) is 0.462. The van der Waals surface area contributed by atoms with Crippen LogP contribution in [0.25, 0.3) is 0 Å². The third kappa shape index (κ3) is 3.72. The molecule has 0 saturated carbocycles. The molecule has 0 bridgehead atoms. The molecule has 9 heteroatoms. The van der Waals surface area contributed by atoms with E-state index in [9.17, 15) is 18.5 Å². The van der Waals surface area contributed by atoms with Crippen LogP contribution in [0.15, 0.2) is 41.3 Å². The van der Waals surface area contributed by atoms with Gasteiger partial charge in [-0.2, -0.15) is 8.42 Å². The topological polar surface area (TPSA) is 95.7 Å². The SMILES string of the molecule is COc1ccc([N+](=O)[O-])cc1S(=O)(=O)Oc1cc(C)ccc1Cl. The van der Waals surface area contributed by atoms with Gasteiger partial charge in [-0.3, -0.25) is 10.1 Å². The molecule has 0 amide bonds. The molecule has 0 aromatic heterocycles. The number of ether oxygens (including phenoxy) is 1. The summed E-state index contributed by atoms with van der Waals surface area (Å²) >= 11 is 5.92. The molecule has 0 N–H and O–H groups in total. The minimum absolute atomic E-state index is 0.0692. The minimum atomic E-state index is -4.37. The van der Waals surface area contributed by atoms with E-state index in [-0.39, 0.29) is 16.5 Å². The Balaban J connectivity index is 2.52. The maximum absolute atomic E-state index is 12.4. The first-order valence-corrected chi connectivity index (χ1v) is 8.06.